The van der Waals surface area contributed by atoms with Crippen LogP contribution in [0.15, 0.2) is 55.2 Å². The lowest BCUT2D eigenvalue weighted by atomic mass is 10.2. The molecule has 5 rings (SSSR count). The summed E-state index contributed by atoms with van der Waals surface area (Å²) in [7, 11) is 0. The van der Waals surface area contributed by atoms with Crippen LogP contribution in [0.4, 0.5) is 19.1 Å². The fourth-order valence-electron chi connectivity index (χ4n) is 3.97. The molecule has 0 amide bonds. The molecule has 0 atom stereocenters. The van der Waals surface area contributed by atoms with Crippen molar-refractivity contribution in [3.05, 3.63) is 72.2 Å². The second-order valence-electron chi connectivity index (χ2n) is 8.63. The molecule has 1 aliphatic rings. The second kappa shape index (κ2) is 9.96. The monoisotopic (exact) mass is 498 g/mol. The second-order valence-corrected chi connectivity index (χ2v) is 8.63. The van der Waals surface area contributed by atoms with Gasteiger partial charge in [-0.1, -0.05) is 19.1 Å². The molecular formula is C24H25F3N8O. The number of pyridine rings is 1. The highest BCUT2D eigenvalue weighted by Crippen LogP contribution is 2.33. The molecule has 12 heteroatoms. The summed E-state index contributed by atoms with van der Waals surface area (Å²) < 4.78 is 46.2. The fraction of sp³-hybridized carbons (Fsp3) is 0.375. The third kappa shape index (κ3) is 5.64. The predicted molar refractivity (Wildman–Crippen MR) is 125 cm³/mol. The van der Waals surface area contributed by atoms with Crippen LogP contribution in [0.25, 0.3) is 5.69 Å². The maximum atomic E-state index is 12.6. The Hall–Kier alpha value is -3.96. The fourth-order valence-corrected chi connectivity index (χ4v) is 3.97. The van der Waals surface area contributed by atoms with Crippen molar-refractivity contribution in [2.45, 2.75) is 51.5 Å². The Bertz CT molecular complexity index is 1280. The minimum absolute atomic E-state index is 0.0657. The molecular weight excluding hydrogens is 473 g/mol. The number of ether oxygens (including phenoxy) is 1. The Balaban J connectivity index is 1.37. The minimum atomic E-state index is -4.42. The van der Waals surface area contributed by atoms with E-state index in [0.717, 1.165) is 41.4 Å². The zero-order valence-electron chi connectivity index (χ0n) is 19.6. The van der Waals surface area contributed by atoms with Crippen LogP contribution < -0.4 is 9.64 Å². The quantitative estimate of drug-likeness (QED) is 0.327. The number of aryl methyl sites for hydroxylation is 1. The van der Waals surface area contributed by atoms with Gasteiger partial charge in [-0.05, 0) is 42.2 Å². The van der Waals surface area contributed by atoms with Gasteiger partial charge in [-0.15, -0.1) is 10.2 Å². The van der Waals surface area contributed by atoms with Gasteiger partial charge in [0.2, 0.25) is 11.8 Å². The van der Waals surface area contributed by atoms with Gasteiger partial charge in [0.25, 0.3) is 0 Å². The van der Waals surface area contributed by atoms with E-state index in [0.29, 0.717) is 25.6 Å². The number of hydrogen-bond donors (Lipinski definition) is 0. The number of halogens is 3. The van der Waals surface area contributed by atoms with Crippen LogP contribution >= 0.6 is 0 Å². The highest BCUT2D eigenvalue weighted by Gasteiger charge is 2.33. The molecule has 1 aromatic carbocycles. The maximum Gasteiger partial charge on any atom is 0.422 e. The number of rotatable bonds is 10. The van der Waals surface area contributed by atoms with Crippen molar-refractivity contribution in [1.82, 2.24) is 34.5 Å². The molecule has 0 saturated heterocycles. The Morgan fingerprint density at radius 1 is 1.08 bits per heavy atom. The summed E-state index contributed by atoms with van der Waals surface area (Å²) >= 11 is 0. The van der Waals surface area contributed by atoms with Crippen molar-refractivity contribution in [2.24, 2.45) is 0 Å². The SMILES string of the molecule is CCc1nnc(N(Cc2ccc(-n3cncn3)cc2)C2CC2)n1Cc1ccnc(OCC(F)(F)F)c1. The van der Waals surface area contributed by atoms with Gasteiger partial charge < -0.3 is 9.64 Å². The van der Waals surface area contributed by atoms with E-state index in [1.807, 2.05) is 23.6 Å². The third-order valence-electron chi connectivity index (χ3n) is 5.86. The average molecular weight is 499 g/mol. The van der Waals surface area contributed by atoms with Crippen LogP contribution in [-0.2, 0) is 19.5 Å². The smallest absolute Gasteiger partial charge is 0.422 e. The summed E-state index contributed by atoms with van der Waals surface area (Å²) in [5, 5.41) is 13.1. The molecule has 1 saturated carbocycles. The van der Waals surface area contributed by atoms with Gasteiger partial charge in [0.15, 0.2) is 6.61 Å². The van der Waals surface area contributed by atoms with Crippen LogP contribution in [-0.4, -0.2) is 53.3 Å². The highest BCUT2D eigenvalue weighted by atomic mass is 19.4. The lowest BCUT2D eigenvalue weighted by Crippen LogP contribution is -2.28. The Morgan fingerprint density at radius 2 is 1.89 bits per heavy atom. The van der Waals surface area contributed by atoms with Gasteiger partial charge in [-0.25, -0.2) is 14.6 Å². The number of nitrogens with zero attached hydrogens (tertiary/aromatic N) is 8. The molecule has 1 aliphatic carbocycles. The lowest BCUT2D eigenvalue weighted by Gasteiger charge is -2.24. The first-order valence-electron chi connectivity index (χ1n) is 11.7. The molecule has 0 radical (unpaired) electrons. The molecule has 0 N–H and O–H groups in total. The van der Waals surface area contributed by atoms with Crippen molar-refractivity contribution < 1.29 is 17.9 Å². The van der Waals surface area contributed by atoms with Crippen molar-refractivity contribution >= 4 is 5.95 Å². The number of anilines is 1. The molecule has 36 heavy (non-hydrogen) atoms. The average Bonchev–Trinajstić information content (AvgIpc) is 3.40. The van der Waals surface area contributed by atoms with E-state index in [-0.39, 0.29) is 5.88 Å². The molecule has 1 fully saturated rings. The third-order valence-corrected chi connectivity index (χ3v) is 5.86. The van der Waals surface area contributed by atoms with Gasteiger partial charge >= 0.3 is 6.18 Å². The topological polar surface area (TPSA) is 86.8 Å². The highest BCUT2D eigenvalue weighted by molar-refractivity contribution is 5.40. The molecule has 0 spiro atoms. The summed E-state index contributed by atoms with van der Waals surface area (Å²) in [4.78, 5) is 10.1. The normalized spacial score (nSPS) is 13.7. The number of alkyl halides is 3. The van der Waals surface area contributed by atoms with E-state index in [4.69, 9.17) is 4.74 Å². The van der Waals surface area contributed by atoms with E-state index >= 15 is 0 Å². The van der Waals surface area contributed by atoms with E-state index in [1.54, 1.807) is 17.1 Å². The zero-order valence-corrected chi connectivity index (χ0v) is 19.6. The van der Waals surface area contributed by atoms with E-state index in [2.05, 4.69) is 42.3 Å². The van der Waals surface area contributed by atoms with Crippen LogP contribution in [0, 0.1) is 0 Å². The van der Waals surface area contributed by atoms with Gasteiger partial charge in [0, 0.05) is 31.3 Å². The van der Waals surface area contributed by atoms with Crippen LogP contribution in [0.5, 0.6) is 5.88 Å². The molecule has 188 valence electrons. The van der Waals surface area contributed by atoms with Crippen molar-refractivity contribution in [3.8, 4) is 11.6 Å². The van der Waals surface area contributed by atoms with E-state index in [9.17, 15) is 13.2 Å². The molecule has 9 nitrogen and oxygen atoms in total. The summed E-state index contributed by atoms with van der Waals surface area (Å²) in [6.45, 7) is 1.66. The van der Waals surface area contributed by atoms with Crippen LogP contribution in [0.2, 0.25) is 0 Å². The molecule has 0 bridgehead atoms. The summed E-state index contributed by atoms with van der Waals surface area (Å²) in [6, 6.07) is 11.7. The Morgan fingerprint density at radius 3 is 2.56 bits per heavy atom. The number of aromatic nitrogens is 7. The van der Waals surface area contributed by atoms with Crippen molar-refractivity contribution in [1.29, 1.82) is 0 Å². The number of benzene rings is 1. The summed E-state index contributed by atoms with van der Waals surface area (Å²) in [5.74, 6) is 1.47. The Labute approximate surface area is 205 Å². The first kappa shape index (κ1) is 23.8. The minimum Gasteiger partial charge on any atom is -0.468 e. The van der Waals surface area contributed by atoms with Gasteiger partial charge in [0.1, 0.15) is 18.5 Å². The summed E-state index contributed by atoms with van der Waals surface area (Å²) in [5.41, 5.74) is 2.79. The van der Waals surface area contributed by atoms with Gasteiger partial charge in [-0.3, -0.25) is 4.57 Å². The standard InChI is InChI=1S/C24H25F3N8O/c1-2-21-31-32-23(34(21)13-18-9-10-29-22(11-18)36-14-24(25,26)27)33(19-7-8-19)12-17-3-5-20(6-4-17)35-16-28-15-30-35/h3-6,9-11,15-16,19H,2,7-8,12-14H2,1H3. The molecule has 4 aromatic rings. The van der Waals surface area contributed by atoms with Gasteiger partial charge in [-0.2, -0.15) is 18.3 Å². The summed E-state index contributed by atoms with van der Waals surface area (Å²) in [6.07, 6.45) is 2.97. The Kier molecular flexibility index (Phi) is 6.57. The molecule has 0 aliphatic heterocycles. The first-order chi connectivity index (χ1) is 17.4. The predicted octanol–water partition coefficient (Wildman–Crippen LogP) is 3.97. The largest absolute Gasteiger partial charge is 0.468 e. The van der Waals surface area contributed by atoms with Crippen molar-refractivity contribution in [3.63, 3.8) is 0 Å². The van der Waals surface area contributed by atoms with Crippen molar-refractivity contribution in [2.75, 3.05) is 11.5 Å². The molecule has 3 heterocycles. The van der Waals surface area contributed by atoms with Crippen LogP contribution in [0.1, 0.15) is 36.7 Å². The molecule has 0 unspecified atom stereocenters. The zero-order chi connectivity index (χ0) is 25.1. The van der Waals surface area contributed by atoms with Gasteiger partial charge in [0.05, 0.1) is 12.2 Å². The number of hydrogen-bond acceptors (Lipinski definition) is 7. The lowest BCUT2D eigenvalue weighted by molar-refractivity contribution is -0.154. The maximum absolute atomic E-state index is 12.6. The van der Waals surface area contributed by atoms with E-state index < -0.39 is 12.8 Å². The van der Waals surface area contributed by atoms with Crippen LogP contribution in [0.3, 0.4) is 0 Å². The van der Waals surface area contributed by atoms with E-state index in [1.165, 1.54) is 18.6 Å². The molecule has 3 aromatic heterocycles. The first-order valence-corrected chi connectivity index (χ1v) is 11.7.